The normalized spacial score (nSPS) is 16.9. The number of fused-ring (bicyclic) bond motifs is 1. The number of hydrogen-bond donors (Lipinski definition) is 1. The van der Waals surface area contributed by atoms with Crippen LogP contribution in [0.1, 0.15) is 41.5 Å². The summed E-state index contributed by atoms with van der Waals surface area (Å²) in [6.07, 6.45) is 3.95. The molecule has 2 aliphatic heterocycles. The Morgan fingerprint density at radius 2 is 1.82 bits per heavy atom. The molecule has 1 amide bonds. The Kier molecular flexibility index (Phi) is 9.01. The number of amides is 1. The Bertz CT molecular complexity index is 1280. The van der Waals surface area contributed by atoms with Gasteiger partial charge in [-0.15, -0.1) is 0 Å². The fourth-order valence-corrected chi connectivity index (χ4v) is 5.40. The number of carbonyl (C=O) groups excluding carboxylic acids is 2. The SMILES string of the molecule is CCc1nc2ccc(Cl)cn2c1C(=O)NCc1ccc(N2CCC(C(=O)OCCN3CCOCC3)CC2)cc1. The summed E-state index contributed by atoms with van der Waals surface area (Å²) < 4.78 is 12.7. The van der Waals surface area contributed by atoms with Gasteiger partial charge in [-0.1, -0.05) is 30.7 Å². The third-order valence-corrected chi connectivity index (χ3v) is 7.77. The molecule has 2 aliphatic rings. The number of pyridine rings is 1. The fourth-order valence-electron chi connectivity index (χ4n) is 5.24. The van der Waals surface area contributed by atoms with Crippen molar-refractivity contribution in [3.05, 3.63) is 64.6 Å². The number of imidazole rings is 1. The van der Waals surface area contributed by atoms with E-state index in [4.69, 9.17) is 21.1 Å². The lowest BCUT2D eigenvalue weighted by Crippen LogP contribution is -2.40. The monoisotopic (exact) mass is 553 g/mol. The summed E-state index contributed by atoms with van der Waals surface area (Å²) >= 11 is 6.16. The number of aryl methyl sites for hydroxylation is 1. The number of halogens is 1. The second-order valence-electron chi connectivity index (χ2n) is 10.1. The number of esters is 1. The van der Waals surface area contributed by atoms with Crippen molar-refractivity contribution >= 4 is 34.8 Å². The minimum Gasteiger partial charge on any atom is -0.464 e. The highest BCUT2D eigenvalue weighted by atomic mass is 35.5. The molecule has 0 bridgehead atoms. The highest BCUT2D eigenvalue weighted by Gasteiger charge is 2.26. The van der Waals surface area contributed by atoms with Crippen LogP contribution < -0.4 is 10.2 Å². The summed E-state index contributed by atoms with van der Waals surface area (Å²) in [5.74, 6) is -0.291. The van der Waals surface area contributed by atoms with Gasteiger partial charge in [-0.05, 0) is 49.1 Å². The van der Waals surface area contributed by atoms with E-state index in [1.807, 2.05) is 25.1 Å². The van der Waals surface area contributed by atoms with Gasteiger partial charge < -0.3 is 19.7 Å². The van der Waals surface area contributed by atoms with Crippen molar-refractivity contribution in [3.8, 4) is 0 Å². The average molecular weight is 554 g/mol. The smallest absolute Gasteiger partial charge is 0.309 e. The highest BCUT2D eigenvalue weighted by Crippen LogP contribution is 2.25. The number of morpholine rings is 1. The lowest BCUT2D eigenvalue weighted by Gasteiger charge is -2.33. The maximum atomic E-state index is 13.1. The van der Waals surface area contributed by atoms with Crippen LogP contribution in [0, 0.1) is 5.92 Å². The van der Waals surface area contributed by atoms with Gasteiger partial charge >= 0.3 is 5.97 Å². The summed E-state index contributed by atoms with van der Waals surface area (Å²) in [5, 5.41) is 3.58. The average Bonchev–Trinajstić information content (AvgIpc) is 3.34. The zero-order valence-electron chi connectivity index (χ0n) is 22.4. The van der Waals surface area contributed by atoms with Crippen molar-refractivity contribution < 1.29 is 19.1 Å². The molecule has 208 valence electrons. The van der Waals surface area contributed by atoms with Crippen LogP contribution in [0.4, 0.5) is 5.69 Å². The summed E-state index contributed by atoms with van der Waals surface area (Å²) in [6, 6.07) is 11.8. The zero-order chi connectivity index (χ0) is 27.2. The Morgan fingerprint density at radius 1 is 1.08 bits per heavy atom. The molecular formula is C29H36ClN5O4. The van der Waals surface area contributed by atoms with Crippen molar-refractivity contribution in [3.63, 3.8) is 0 Å². The first-order valence-electron chi connectivity index (χ1n) is 13.8. The van der Waals surface area contributed by atoms with Crippen molar-refractivity contribution in [2.24, 2.45) is 5.92 Å². The third-order valence-electron chi connectivity index (χ3n) is 7.54. The van der Waals surface area contributed by atoms with E-state index < -0.39 is 0 Å². The van der Waals surface area contributed by atoms with E-state index >= 15 is 0 Å². The van der Waals surface area contributed by atoms with Crippen LogP contribution in [0.2, 0.25) is 5.02 Å². The molecule has 3 aromatic rings. The number of nitrogens with zero attached hydrogens (tertiary/aromatic N) is 4. The molecule has 0 unspecified atom stereocenters. The van der Waals surface area contributed by atoms with Gasteiger partial charge in [0.1, 0.15) is 17.9 Å². The first-order valence-corrected chi connectivity index (χ1v) is 14.1. The van der Waals surface area contributed by atoms with Crippen LogP contribution >= 0.6 is 11.6 Å². The molecule has 10 heteroatoms. The highest BCUT2D eigenvalue weighted by molar-refractivity contribution is 6.30. The molecule has 9 nitrogen and oxygen atoms in total. The van der Waals surface area contributed by atoms with E-state index in [9.17, 15) is 9.59 Å². The molecule has 5 rings (SSSR count). The number of anilines is 1. The second-order valence-corrected chi connectivity index (χ2v) is 10.5. The van der Waals surface area contributed by atoms with Gasteiger partial charge in [0, 0.05) is 51.2 Å². The quantitative estimate of drug-likeness (QED) is 0.405. The second kappa shape index (κ2) is 12.8. The zero-order valence-corrected chi connectivity index (χ0v) is 23.2. The van der Waals surface area contributed by atoms with Crippen LogP contribution in [0.3, 0.4) is 0 Å². The van der Waals surface area contributed by atoms with Crippen LogP contribution in [-0.4, -0.2) is 78.7 Å². The predicted molar refractivity (Wildman–Crippen MR) is 150 cm³/mol. The molecule has 0 saturated carbocycles. The Hall–Kier alpha value is -3.14. The molecule has 4 heterocycles. The maximum Gasteiger partial charge on any atom is 0.309 e. The Morgan fingerprint density at radius 3 is 2.54 bits per heavy atom. The van der Waals surface area contributed by atoms with E-state index in [1.54, 1.807) is 16.7 Å². The van der Waals surface area contributed by atoms with Gasteiger partial charge in [0.25, 0.3) is 5.91 Å². The number of piperidine rings is 1. The minimum atomic E-state index is -0.176. The number of rotatable bonds is 9. The number of benzene rings is 1. The number of carbonyl (C=O) groups is 2. The van der Waals surface area contributed by atoms with Gasteiger partial charge in [-0.25, -0.2) is 4.98 Å². The summed E-state index contributed by atoms with van der Waals surface area (Å²) in [5.41, 5.74) is 4.10. The van der Waals surface area contributed by atoms with Gasteiger partial charge in [0.05, 0.1) is 29.8 Å². The van der Waals surface area contributed by atoms with Crippen LogP contribution in [0.5, 0.6) is 0 Å². The number of aromatic nitrogens is 2. The standard InChI is InChI=1S/C29H36ClN5O4/c1-2-25-27(35-20-23(30)5-8-26(35)32-25)28(36)31-19-21-3-6-24(7-4-21)34-11-9-22(10-12-34)29(37)39-18-15-33-13-16-38-17-14-33/h3-8,20,22H,2,9-19H2,1H3,(H,31,36). The van der Waals surface area contributed by atoms with E-state index in [-0.39, 0.29) is 17.8 Å². The topological polar surface area (TPSA) is 88.4 Å². The molecule has 2 saturated heterocycles. The van der Waals surface area contributed by atoms with E-state index in [0.717, 1.165) is 75.7 Å². The van der Waals surface area contributed by atoms with E-state index in [0.29, 0.717) is 35.9 Å². The Balaban J connectivity index is 1.09. The first kappa shape index (κ1) is 27.4. The lowest BCUT2D eigenvalue weighted by atomic mass is 9.96. The predicted octanol–water partition coefficient (Wildman–Crippen LogP) is 3.57. The van der Waals surface area contributed by atoms with Crippen molar-refractivity contribution in [1.29, 1.82) is 0 Å². The summed E-state index contributed by atoms with van der Waals surface area (Å²) in [7, 11) is 0. The molecule has 1 N–H and O–H groups in total. The van der Waals surface area contributed by atoms with E-state index in [1.165, 1.54) is 0 Å². The lowest BCUT2D eigenvalue weighted by molar-refractivity contribution is -0.149. The molecule has 0 radical (unpaired) electrons. The number of hydrogen-bond acceptors (Lipinski definition) is 7. The summed E-state index contributed by atoms with van der Waals surface area (Å²) in [6.45, 7) is 8.55. The van der Waals surface area contributed by atoms with Crippen LogP contribution in [0.25, 0.3) is 5.65 Å². The van der Waals surface area contributed by atoms with Gasteiger partial charge in [0.15, 0.2) is 0 Å². The van der Waals surface area contributed by atoms with Crippen molar-refractivity contribution in [2.75, 3.05) is 57.4 Å². The third kappa shape index (κ3) is 6.72. The Labute approximate surface area is 234 Å². The molecule has 1 aromatic carbocycles. The molecule has 2 fully saturated rings. The molecule has 0 atom stereocenters. The number of nitrogens with one attached hydrogen (secondary N) is 1. The molecule has 2 aromatic heterocycles. The number of ether oxygens (including phenoxy) is 2. The molecular weight excluding hydrogens is 518 g/mol. The van der Waals surface area contributed by atoms with Gasteiger partial charge in [0.2, 0.25) is 0 Å². The summed E-state index contributed by atoms with van der Waals surface area (Å²) in [4.78, 5) is 34.7. The molecule has 0 aliphatic carbocycles. The minimum absolute atomic E-state index is 0.0389. The first-order chi connectivity index (χ1) is 19.0. The van der Waals surface area contributed by atoms with Gasteiger partial charge in [-0.2, -0.15) is 0 Å². The fraction of sp³-hybridized carbons (Fsp3) is 0.483. The molecule has 0 spiro atoms. The van der Waals surface area contributed by atoms with Crippen LogP contribution in [0.15, 0.2) is 42.6 Å². The maximum absolute atomic E-state index is 13.1. The van der Waals surface area contributed by atoms with Gasteiger partial charge in [-0.3, -0.25) is 18.9 Å². The van der Waals surface area contributed by atoms with Crippen molar-refractivity contribution in [1.82, 2.24) is 19.6 Å². The van der Waals surface area contributed by atoms with E-state index in [2.05, 4.69) is 32.2 Å². The van der Waals surface area contributed by atoms with Crippen molar-refractivity contribution in [2.45, 2.75) is 32.7 Å². The molecule has 39 heavy (non-hydrogen) atoms. The van der Waals surface area contributed by atoms with Crippen LogP contribution in [-0.2, 0) is 27.2 Å². The largest absolute Gasteiger partial charge is 0.464 e.